The smallest absolute Gasteiger partial charge is 0.338 e. The van der Waals surface area contributed by atoms with Crippen LogP contribution < -0.4 is 10.2 Å². The summed E-state index contributed by atoms with van der Waals surface area (Å²) in [5.41, 5.74) is 2.73. The molecule has 0 saturated carbocycles. The molecule has 2 amide bonds. The Kier molecular flexibility index (Phi) is 5.02. The van der Waals surface area contributed by atoms with Gasteiger partial charge in [-0.05, 0) is 42.8 Å². The average Bonchev–Trinajstić information content (AvgIpc) is 3.02. The summed E-state index contributed by atoms with van der Waals surface area (Å²) in [5.74, 6) is -0.840. The van der Waals surface area contributed by atoms with E-state index in [-0.39, 0.29) is 11.8 Å². The number of ether oxygens (including phenoxy) is 1. The first kappa shape index (κ1) is 17.7. The molecule has 26 heavy (non-hydrogen) atoms. The van der Waals surface area contributed by atoms with Crippen molar-refractivity contribution in [1.29, 1.82) is 0 Å². The number of amides is 2. The van der Waals surface area contributed by atoms with Crippen molar-refractivity contribution in [3.63, 3.8) is 0 Å². The topological polar surface area (TPSA) is 75.7 Å². The zero-order valence-corrected chi connectivity index (χ0v) is 14.7. The molecule has 134 valence electrons. The number of para-hydroxylation sites is 1. The number of hydrogen-bond acceptors (Lipinski definition) is 4. The van der Waals surface area contributed by atoms with Gasteiger partial charge in [-0.3, -0.25) is 14.5 Å². The van der Waals surface area contributed by atoms with Crippen molar-refractivity contribution >= 4 is 29.2 Å². The molecular formula is C20H20N2O4. The van der Waals surface area contributed by atoms with Gasteiger partial charge in [-0.15, -0.1) is 0 Å². The third-order valence-electron chi connectivity index (χ3n) is 4.28. The summed E-state index contributed by atoms with van der Waals surface area (Å²) in [4.78, 5) is 38.0. The van der Waals surface area contributed by atoms with Crippen LogP contribution in [0.2, 0.25) is 0 Å². The fourth-order valence-corrected chi connectivity index (χ4v) is 3.11. The number of rotatable bonds is 4. The Morgan fingerprint density at radius 2 is 1.81 bits per heavy atom. The highest BCUT2D eigenvalue weighted by Crippen LogP contribution is 2.32. The van der Waals surface area contributed by atoms with Gasteiger partial charge in [-0.1, -0.05) is 18.2 Å². The minimum Gasteiger partial charge on any atom is -0.462 e. The second-order valence-corrected chi connectivity index (χ2v) is 6.02. The van der Waals surface area contributed by atoms with Crippen molar-refractivity contribution < 1.29 is 19.1 Å². The van der Waals surface area contributed by atoms with Crippen molar-refractivity contribution in [2.75, 3.05) is 16.8 Å². The molecule has 0 unspecified atom stereocenters. The van der Waals surface area contributed by atoms with E-state index in [9.17, 15) is 14.4 Å². The molecule has 0 fully saturated rings. The molecular weight excluding hydrogens is 332 g/mol. The van der Waals surface area contributed by atoms with Crippen molar-refractivity contribution in [1.82, 2.24) is 0 Å². The minimum atomic E-state index is -0.588. The number of nitrogens with zero attached hydrogens (tertiary/aromatic N) is 1. The average molecular weight is 352 g/mol. The maximum absolute atomic E-state index is 12.7. The SMILES string of the molecule is CCOC(=O)c1ccc(NC(=O)[C@H]2Cc3ccccc3N2C(C)=O)cc1. The zero-order chi connectivity index (χ0) is 18.7. The summed E-state index contributed by atoms with van der Waals surface area (Å²) in [6.45, 7) is 3.50. The highest BCUT2D eigenvalue weighted by molar-refractivity contribution is 6.06. The maximum atomic E-state index is 12.7. The van der Waals surface area contributed by atoms with Crippen molar-refractivity contribution in [2.45, 2.75) is 26.3 Å². The molecule has 0 aliphatic carbocycles. The molecule has 1 aliphatic heterocycles. The number of carbonyl (C=O) groups excluding carboxylic acids is 3. The Bertz CT molecular complexity index is 845. The van der Waals surface area contributed by atoms with Gasteiger partial charge in [-0.2, -0.15) is 0 Å². The van der Waals surface area contributed by atoms with E-state index in [4.69, 9.17) is 4.74 Å². The quantitative estimate of drug-likeness (QED) is 0.859. The monoisotopic (exact) mass is 352 g/mol. The van der Waals surface area contributed by atoms with Crippen LogP contribution in [0.4, 0.5) is 11.4 Å². The summed E-state index contributed by atoms with van der Waals surface area (Å²) < 4.78 is 4.94. The molecule has 2 aromatic rings. The van der Waals surface area contributed by atoms with E-state index in [1.807, 2.05) is 24.3 Å². The van der Waals surface area contributed by atoms with Gasteiger partial charge in [0.25, 0.3) is 0 Å². The Hall–Kier alpha value is -3.15. The normalized spacial score (nSPS) is 15.3. The molecule has 3 rings (SSSR count). The minimum absolute atomic E-state index is 0.173. The van der Waals surface area contributed by atoms with Gasteiger partial charge in [0.15, 0.2) is 0 Å². The third kappa shape index (κ3) is 3.44. The summed E-state index contributed by atoms with van der Waals surface area (Å²) in [7, 11) is 0. The largest absolute Gasteiger partial charge is 0.462 e. The fourth-order valence-electron chi connectivity index (χ4n) is 3.11. The van der Waals surface area contributed by atoms with E-state index in [1.165, 1.54) is 11.8 Å². The number of esters is 1. The Balaban J connectivity index is 1.74. The number of nitrogens with one attached hydrogen (secondary N) is 1. The molecule has 1 aliphatic rings. The van der Waals surface area contributed by atoms with Crippen LogP contribution in [0, 0.1) is 0 Å². The Morgan fingerprint density at radius 1 is 1.12 bits per heavy atom. The van der Waals surface area contributed by atoms with Crippen molar-refractivity contribution in [2.24, 2.45) is 0 Å². The first-order chi connectivity index (χ1) is 12.5. The lowest BCUT2D eigenvalue weighted by molar-refractivity contribution is -0.122. The van der Waals surface area contributed by atoms with Gasteiger partial charge in [0.05, 0.1) is 12.2 Å². The highest BCUT2D eigenvalue weighted by Gasteiger charge is 2.36. The molecule has 6 nitrogen and oxygen atoms in total. The molecule has 1 atom stereocenters. The lowest BCUT2D eigenvalue weighted by Gasteiger charge is -2.23. The van der Waals surface area contributed by atoms with E-state index in [0.29, 0.717) is 24.3 Å². The first-order valence-electron chi connectivity index (χ1n) is 8.47. The molecule has 0 radical (unpaired) electrons. The van der Waals surface area contributed by atoms with Crippen LogP contribution in [0.1, 0.15) is 29.8 Å². The zero-order valence-electron chi connectivity index (χ0n) is 14.7. The molecule has 0 spiro atoms. The Labute approximate surface area is 151 Å². The second kappa shape index (κ2) is 7.39. The van der Waals surface area contributed by atoms with Crippen LogP contribution in [0.5, 0.6) is 0 Å². The van der Waals surface area contributed by atoms with Crippen LogP contribution in [0.3, 0.4) is 0 Å². The van der Waals surface area contributed by atoms with Gasteiger partial charge >= 0.3 is 5.97 Å². The molecule has 0 saturated heterocycles. The first-order valence-corrected chi connectivity index (χ1v) is 8.47. The fraction of sp³-hybridized carbons (Fsp3) is 0.250. The number of fused-ring (bicyclic) bond motifs is 1. The summed E-state index contributed by atoms with van der Waals surface area (Å²) in [6, 6.07) is 13.4. The highest BCUT2D eigenvalue weighted by atomic mass is 16.5. The Morgan fingerprint density at radius 3 is 2.46 bits per heavy atom. The number of hydrogen-bond donors (Lipinski definition) is 1. The predicted molar refractivity (Wildman–Crippen MR) is 98.1 cm³/mol. The predicted octanol–water partition coefficient (Wildman–Crippen LogP) is 2.78. The lowest BCUT2D eigenvalue weighted by atomic mass is 10.1. The van der Waals surface area contributed by atoms with Crippen LogP contribution in [-0.2, 0) is 20.7 Å². The van der Waals surface area contributed by atoms with Crippen LogP contribution in [0.15, 0.2) is 48.5 Å². The molecule has 2 aromatic carbocycles. The van der Waals surface area contributed by atoms with Gasteiger partial charge in [-0.25, -0.2) is 4.79 Å². The summed E-state index contributed by atoms with van der Waals surface area (Å²) >= 11 is 0. The van der Waals surface area contributed by atoms with Gasteiger partial charge in [0, 0.05) is 24.7 Å². The van der Waals surface area contributed by atoms with E-state index < -0.39 is 12.0 Å². The molecule has 6 heteroatoms. The second-order valence-electron chi connectivity index (χ2n) is 6.02. The van der Waals surface area contributed by atoms with Gasteiger partial charge in [0.1, 0.15) is 6.04 Å². The number of anilines is 2. The van der Waals surface area contributed by atoms with Crippen LogP contribution in [-0.4, -0.2) is 30.4 Å². The number of benzene rings is 2. The molecule has 1 heterocycles. The van der Waals surface area contributed by atoms with E-state index >= 15 is 0 Å². The molecule has 0 aromatic heterocycles. The van der Waals surface area contributed by atoms with E-state index in [2.05, 4.69) is 5.32 Å². The standard InChI is InChI=1S/C20H20N2O4/c1-3-26-20(25)14-8-10-16(11-9-14)21-19(24)18-12-15-6-4-5-7-17(15)22(18)13(2)23/h4-11,18H,3,12H2,1-2H3,(H,21,24)/t18-/m1/s1. The summed E-state index contributed by atoms with van der Waals surface area (Å²) in [6.07, 6.45) is 0.475. The summed E-state index contributed by atoms with van der Waals surface area (Å²) in [5, 5.41) is 2.82. The maximum Gasteiger partial charge on any atom is 0.338 e. The van der Waals surface area contributed by atoms with Gasteiger partial charge < -0.3 is 10.1 Å². The van der Waals surface area contributed by atoms with Gasteiger partial charge in [0.2, 0.25) is 11.8 Å². The third-order valence-corrected chi connectivity index (χ3v) is 4.28. The molecule has 1 N–H and O–H groups in total. The van der Waals surface area contributed by atoms with E-state index in [1.54, 1.807) is 31.2 Å². The van der Waals surface area contributed by atoms with Crippen molar-refractivity contribution in [3.8, 4) is 0 Å². The van der Waals surface area contributed by atoms with Crippen molar-refractivity contribution in [3.05, 3.63) is 59.7 Å². The number of carbonyl (C=O) groups is 3. The van der Waals surface area contributed by atoms with Crippen LogP contribution >= 0.6 is 0 Å². The van der Waals surface area contributed by atoms with E-state index in [0.717, 1.165) is 11.3 Å². The lowest BCUT2D eigenvalue weighted by Crippen LogP contribution is -2.44. The molecule has 0 bridgehead atoms. The van der Waals surface area contributed by atoms with Crippen LogP contribution in [0.25, 0.3) is 0 Å².